The van der Waals surface area contributed by atoms with Crippen molar-refractivity contribution >= 4 is 11.7 Å². The quantitative estimate of drug-likeness (QED) is 0.541. The molecule has 0 saturated carbocycles. The number of hydrogen-bond acceptors (Lipinski definition) is 4. The Morgan fingerprint density at radius 1 is 1.07 bits per heavy atom. The van der Waals surface area contributed by atoms with Gasteiger partial charge in [0.15, 0.2) is 0 Å². The average molecular weight is 217 g/mol. The van der Waals surface area contributed by atoms with Crippen LogP contribution in [0.25, 0.3) is 0 Å². The van der Waals surface area contributed by atoms with Gasteiger partial charge in [-0.05, 0) is 6.92 Å². The normalized spacial score (nSPS) is 10.1. The van der Waals surface area contributed by atoms with Crippen molar-refractivity contribution in [2.24, 2.45) is 0 Å². The standard InChI is InChI=1S/C10H19NO4/c1-9(12)8-10(13)11(4-6-14-2)5-7-15-3/h4-8H2,1-3H3. The summed E-state index contributed by atoms with van der Waals surface area (Å²) in [6, 6.07) is 0. The molecule has 0 radical (unpaired) electrons. The molecule has 0 aromatic carbocycles. The third-order valence-electron chi connectivity index (χ3n) is 1.88. The average Bonchev–Trinajstić information content (AvgIpc) is 2.17. The maximum Gasteiger partial charge on any atom is 0.230 e. The molecule has 0 spiro atoms. The fourth-order valence-corrected chi connectivity index (χ4v) is 1.09. The maximum atomic E-state index is 11.6. The van der Waals surface area contributed by atoms with Crippen LogP contribution in [0.15, 0.2) is 0 Å². The molecule has 88 valence electrons. The largest absolute Gasteiger partial charge is 0.383 e. The highest BCUT2D eigenvalue weighted by Gasteiger charge is 2.14. The zero-order valence-electron chi connectivity index (χ0n) is 9.62. The van der Waals surface area contributed by atoms with Crippen LogP contribution in [0.2, 0.25) is 0 Å². The smallest absolute Gasteiger partial charge is 0.230 e. The van der Waals surface area contributed by atoms with Gasteiger partial charge in [0.1, 0.15) is 5.78 Å². The predicted molar refractivity (Wildman–Crippen MR) is 55.6 cm³/mol. The third kappa shape index (κ3) is 7.04. The van der Waals surface area contributed by atoms with Crippen LogP contribution in [0.1, 0.15) is 13.3 Å². The van der Waals surface area contributed by atoms with Crippen LogP contribution < -0.4 is 0 Å². The first-order valence-electron chi connectivity index (χ1n) is 4.87. The topological polar surface area (TPSA) is 55.8 Å². The molecule has 5 heteroatoms. The van der Waals surface area contributed by atoms with Gasteiger partial charge in [-0.15, -0.1) is 0 Å². The zero-order chi connectivity index (χ0) is 11.7. The molecule has 0 bridgehead atoms. The number of ketones is 1. The number of nitrogens with zero attached hydrogens (tertiary/aromatic N) is 1. The van der Waals surface area contributed by atoms with E-state index in [1.807, 2.05) is 0 Å². The summed E-state index contributed by atoms with van der Waals surface area (Å²) < 4.78 is 9.78. The Balaban J connectivity index is 4.07. The Kier molecular flexibility index (Phi) is 7.85. The predicted octanol–water partition coefficient (Wildman–Crippen LogP) is 0.0869. The number of hydrogen-bond donors (Lipinski definition) is 0. The molecule has 0 aromatic rings. The maximum absolute atomic E-state index is 11.6. The third-order valence-corrected chi connectivity index (χ3v) is 1.88. The Morgan fingerprint density at radius 3 is 1.87 bits per heavy atom. The number of carbonyl (C=O) groups is 2. The van der Waals surface area contributed by atoms with Gasteiger partial charge in [-0.25, -0.2) is 0 Å². The molecule has 0 heterocycles. The van der Waals surface area contributed by atoms with Gasteiger partial charge in [0.05, 0.1) is 19.6 Å². The van der Waals surface area contributed by atoms with Gasteiger partial charge in [0.2, 0.25) is 5.91 Å². The van der Waals surface area contributed by atoms with Gasteiger partial charge >= 0.3 is 0 Å². The Morgan fingerprint density at radius 2 is 1.53 bits per heavy atom. The van der Waals surface area contributed by atoms with Gasteiger partial charge in [0, 0.05) is 27.3 Å². The molecule has 15 heavy (non-hydrogen) atoms. The molecule has 0 fully saturated rings. The molecule has 0 unspecified atom stereocenters. The summed E-state index contributed by atoms with van der Waals surface area (Å²) in [5, 5.41) is 0. The van der Waals surface area contributed by atoms with E-state index in [1.54, 1.807) is 19.1 Å². The van der Waals surface area contributed by atoms with Gasteiger partial charge in [0.25, 0.3) is 0 Å². The van der Waals surface area contributed by atoms with Crippen LogP contribution in [0.3, 0.4) is 0 Å². The fraction of sp³-hybridized carbons (Fsp3) is 0.800. The van der Waals surface area contributed by atoms with Crippen LogP contribution in [0.4, 0.5) is 0 Å². The van der Waals surface area contributed by atoms with Crippen molar-refractivity contribution in [3.05, 3.63) is 0 Å². The summed E-state index contributed by atoms with van der Waals surface area (Å²) in [6.07, 6.45) is -0.0482. The highest BCUT2D eigenvalue weighted by molar-refractivity contribution is 5.96. The van der Waals surface area contributed by atoms with Crippen LogP contribution in [0.5, 0.6) is 0 Å². The van der Waals surface area contributed by atoms with E-state index < -0.39 is 0 Å². The summed E-state index contributed by atoms with van der Waals surface area (Å²) in [5.41, 5.74) is 0. The number of Topliss-reactive ketones (excluding diaryl/α,β-unsaturated/α-hetero) is 1. The lowest BCUT2D eigenvalue weighted by Crippen LogP contribution is -2.37. The molecule has 0 saturated heterocycles. The summed E-state index contributed by atoms with van der Waals surface area (Å²) >= 11 is 0. The van der Waals surface area contributed by atoms with E-state index in [4.69, 9.17) is 9.47 Å². The minimum absolute atomic E-state index is 0.0482. The van der Waals surface area contributed by atoms with Crippen LogP contribution in [0, 0.1) is 0 Å². The molecule has 0 aliphatic carbocycles. The lowest BCUT2D eigenvalue weighted by molar-refractivity contribution is -0.135. The second-order valence-electron chi connectivity index (χ2n) is 3.25. The van der Waals surface area contributed by atoms with Crippen molar-refractivity contribution in [3.8, 4) is 0 Å². The van der Waals surface area contributed by atoms with Gasteiger partial charge in [-0.2, -0.15) is 0 Å². The number of amides is 1. The fourth-order valence-electron chi connectivity index (χ4n) is 1.09. The molecule has 0 aromatic heterocycles. The first-order valence-corrected chi connectivity index (χ1v) is 4.87. The lowest BCUT2D eigenvalue weighted by atomic mass is 10.3. The summed E-state index contributed by atoms with van der Waals surface area (Å²) in [5.74, 6) is -0.295. The first kappa shape index (κ1) is 14.1. The number of ether oxygens (including phenoxy) is 2. The molecule has 0 aliphatic heterocycles. The molecular formula is C10H19NO4. The van der Waals surface area contributed by atoms with E-state index in [2.05, 4.69) is 0 Å². The van der Waals surface area contributed by atoms with E-state index in [-0.39, 0.29) is 18.1 Å². The number of carbonyl (C=O) groups excluding carboxylic acids is 2. The van der Waals surface area contributed by atoms with Gasteiger partial charge in [-0.1, -0.05) is 0 Å². The molecule has 5 nitrogen and oxygen atoms in total. The van der Waals surface area contributed by atoms with Crippen molar-refractivity contribution in [2.45, 2.75) is 13.3 Å². The van der Waals surface area contributed by atoms with Crippen molar-refractivity contribution < 1.29 is 19.1 Å². The Hall–Kier alpha value is -0.940. The van der Waals surface area contributed by atoms with Crippen molar-refractivity contribution in [1.29, 1.82) is 0 Å². The molecule has 1 amide bonds. The second-order valence-corrected chi connectivity index (χ2v) is 3.25. The molecule has 0 rings (SSSR count). The van der Waals surface area contributed by atoms with Crippen molar-refractivity contribution in [1.82, 2.24) is 4.90 Å². The Bertz CT molecular complexity index is 198. The zero-order valence-corrected chi connectivity index (χ0v) is 9.62. The van der Waals surface area contributed by atoms with Crippen LogP contribution in [-0.2, 0) is 19.1 Å². The van der Waals surface area contributed by atoms with E-state index in [1.165, 1.54) is 6.92 Å². The van der Waals surface area contributed by atoms with E-state index in [0.29, 0.717) is 26.3 Å². The monoisotopic (exact) mass is 217 g/mol. The second kappa shape index (κ2) is 8.38. The SMILES string of the molecule is COCCN(CCOC)C(=O)CC(C)=O. The highest BCUT2D eigenvalue weighted by atomic mass is 16.5. The van der Waals surface area contributed by atoms with Gasteiger partial charge in [-0.3, -0.25) is 9.59 Å². The first-order chi connectivity index (χ1) is 7.11. The van der Waals surface area contributed by atoms with E-state index >= 15 is 0 Å². The number of rotatable bonds is 8. The highest BCUT2D eigenvalue weighted by Crippen LogP contribution is 1.96. The van der Waals surface area contributed by atoms with E-state index in [0.717, 1.165) is 0 Å². The lowest BCUT2D eigenvalue weighted by Gasteiger charge is -2.21. The molecular weight excluding hydrogens is 198 g/mol. The van der Waals surface area contributed by atoms with Crippen molar-refractivity contribution in [3.63, 3.8) is 0 Å². The van der Waals surface area contributed by atoms with Crippen molar-refractivity contribution in [2.75, 3.05) is 40.5 Å². The summed E-state index contributed by atoms with van der Waals surface area (Å²) in [4.78, 5) is 23.9. The summed E-state index contributed by atoms with van der Waals surface area (Å²) in [6.45, 7) is 3.32. The minimum atomic E-state index is -0.170. The molecule has 0 N–H and O–H groups in total. The molecule has 0 aliphatic rings. The Labute approximate surface area is 90.3 Å². The number of methoxy groups -OCH3 is 2. The van der Waals surface area contributed by atoms with Gasteiger partial charge < -0.3 is 14.4 Å². The summed E-state index contributed by atoms with van der Waals surface area (Å²) in [7, 11) is 3.15. The van der Waals surface area contributed by atoms with E-state index in [9.17, 15) is 9.59 Å². The molecule has 0 atom stereocenters. The minimum Gasteiger partial charge on any atom is -0.383 e. The van der Waals surface area contributed by atoms with Crippen LogP contribution in [-0.4, -0.2) is 57.1 Å². The van der Waals surface area contributed by atoms with Crippen LogP contribution >= 0.6 is 0 Å².